The number of nitrogens with zero attached hydrogens (tertiary/aromatic N) is 1. The number of hydrogen-bond acceptors (Lipinski definition) is 5. The maximum atomic E-state index is 6.05. The maximum absolute atomic E-state index is 6.05. The second-order valence-electron chi connectivity index (χ2n) is 8.24. The quantitative estimate of drug-likeness (QED) is 0.151. The summed E-state index contributed by atoms with van der Waals surface area (Å²) in [5.41, 5.74) is 7.39. The van der Waals surface area contributed by atoms with Crippen LogP contribution in [0.15, 0.2) is 60.0 Å². The molecule has 1 aromatic rings. The molecule has 0 bridgehead atoms. The zero-order valence-corrected chi connectivity index (χ0v) is 20.6. The molecule has 2 rings (SSSR count). The molecule has 0 spiro atoms. The SMILES string of the molecule is C#C.C/C=C\C(=C/C)OCC1=CC(C(C)(C)CC)NN1Cc1ccc(COCOC)cc1. The number of allylic oxidation sites excluding steroid dienone is 3. The van der Waals surface area contributed by atoms with E-state index in [0.29, 0.717) is 20.0 Å². The molecule has 0 saturated carbocycles. The van der Waals surface area contributed by atoms with E-state index in [1.165, 1.54) is 5.56 Å². The van der Waals surface area contributed by atoms with Crippen molar-refractivity contribution in [3.63, 3.8) is 0 Å². The molecule has 0 fully saturated rings. The van der Waals surface area contributed by atoms with Crippen molar-refractivity contribution in [2.24, 2.45) is 5.41 Å². The van der Waals surface area contributed by atoms with Gasteiger partial charge in [-0.1, -0.05) is 51.1 Å². The number of benzene rings is 1. The first-order valence-corrected chi connectivity index (χ1v) is 11.1. The van der Waals surface area contributed by atoms with E-state index in [9.17, 15) is 0 Å². The number of methoxy groups -OCH3 is 1. The zero-order chi connectivity index (χ0) is 24.0. The van der Waals surface area contributed by atoms with E-state index in [1.54, 1.807) is 7.11 Å². The summed E-state index contributed by atoms with van der Waals surface area (Å²) < 4.78 is 16.4. The first-order chi connectivity index (χ1) is 15.4. The van der Waals surface area contributed by atoms with Gasteiger partial charge < -0.3 is 19.2 Å². The van der Waals surface area contributed by atoms with Crippen LogP contribution in [-0.2, 0) is 27.4 Å². The van der Waals surface area contributed by atoms with Crippen LogP contribution in [-0.4, -0.2) is 31.6 Å². The normalized spacial score (nSPS) is 16.6. The summed E-state index contributed by atoms with van der Waals surface area (Å²) in [5.74, 6) is 0.886. The summed E-state index contributed by atoms with van der Waals surface area (Å²) in [6.45, 7) is 13.0. The Labute approximate surface area is 195 Å². The van der Waals surface area contributed by atoms with Crippen LogP contribution in [0.3, 0.4) is 0 Å². The van der Waals surface area contributed by atoms with Crippen molar-refractivity contribution < 1.29 is 14.2 Å². The lowest BCUT2D eigenvalue weighted by Crippen LogP contribution is -2.44. The van der Waals surface area contributed by atoms with Crippen LogP contribution in [0, 0.1) is 18.3 Å². The van der Waals surface area contributed by atoms with E-state index in [-0.39, 0.29) is 11.5 Å². The first-order valence-electron chi connectivity index (χ1n) is 11.1. The topological polar surface area (TPSA) is 43.0 Å². The molecule has 32 heavy (non-hydrogen) atoms. The zero-order valence-electron chi connectivity index (χ0n) is 20.6. The Morgan fingerprint density at radius 2 is 1.78 bits per heavy atom. The number of ether oxygens (including phenoxy) is 3. The lowest BCUT2D eigenvalue weighted by Gasteiger charge is -2.32. The minimum absolute atomic E-state index is 0.162. The van der Waals surface area contributed by atoms with Gasteiger partial charge in [-0.15, -0.1) is 12.8 Å². The number of hydrazine groups is 1. The molecule has 5 heteroatoms. The van der Waals surface area contributed by atoms with E-state index < -0.39 is 0 Å². The van der Waals surface area contributed by atoms with Crippen molar-refractivity contribution in [2.45, 2.75) is 60.2 Å². The third-order valence-electron chi connectivity index (χ3n) is 5.59. The summed E-state index contributed by atoms with van der Waals surface area (Å²) in [6.07, 6.45) is 17.4. The minimum atomic E-state index is 0.162. The number of rotatable bonds is 12. The van der Waals surface area contributed by atoms with E-state index in [4.69, 9.17) is 14.2 Å². The molecule has 1 aliphatic heterocycles. The van der Waals surface area contributed by atoms with Crippen LogP contribution < -0.4 is 5.43 Å². The Balaban J connectivity index is 0.00000249. The molecule has 0 radical (unpaired) electrons. The van der Waals surface area contributed by atoms with Crippen molar-refractivity contribution in [3.05, 3.63) is 71.2 Å². The fourth-order valence-corrected chi connectivity index (χ4v) is 3.18. The highest BCUT2D eigenvalue weighted by Gasteiger charge is 2.33. The smallest absolute Gasteiger partial charge is 0.146 e. The van der Waals surface area contributed by atoms with Gasteiger partial charge in [-0.3, -0.25) is 0 Å². The lowest BCUT2D eigenvalue weighted by molar-refractivity contribution is -0.0390. The summed E-state index contributed by atoms with van der Waals surface area (Å²) in [6, 6.07) is 8.80. The average molecular weight is 441 g/mol. The van der Waals surface area contributed by atoms with Crippen LogP contribution in [0.25, 0.3) is 0 Å². The largest absolute Gasteiger partial charge is 0.488 e. The molecule has 0 amide bonds. The number of hydrogen-bond donors (Lipinski definition) is 1. The highest BCUT2D eigenvalue weighted by molar-refractivity contribution is 5.24. The van der Waals surface area contributed by atoms with Gasteiger partial charge in [0.2, 0.25) is 0 Å². The second-order valence-corrected chi connectivity index (χ2v) is 8.24. The Bertz CT molecular complexity index is 776. The van der Waals surface area contributed by atoms with Crippen molar-refractivity contribution >= 4 is 0 Å². The van der Waals surface area contributed by atoms with Crippen LogP contribution in [0.1, 0.15) is 52.2 Å². The Kier molecular flexibility index (Phi) is 12.5. The number of nitrogens with one attached hydrogen (secondary N) is 1. The van der Waals surface area contributed by atoms with Gasteiger partial charge in [0, 0.05) is 7.11 Å². The third-order valence-corrected chi connectivity index (χ3v) is 5.59. The molecule has 1 aliphatic rings. The second kappa shape index (κ2) is 14.5. The summed E-state index contributed by atoms with van der Waals surface area (Å²) in [4.78, 5) is 0. The van der Waals surface area contributed by atoms with Crippen LogP contribution in [0.2, 0.25) is 0 Å². The molecule has 0 aromatic heterocycles. The standard InChI is InChI=1S/C25H38N2O3.C2H2/c1-7-10-23(8-2)30-18-22-15-24(25(4,5)9-3)26-27(22)16-20-11-13-21(14-12-20)17-29-19-28-6;1-2/h7-8,10-15,24,26H,9,16-19H2,1-6H3;1-2H/b10-7-,23-8+;. The maximum Gasteiger partial charge on any atom is 0.146 e. The van der Waals surface area contributed by atoms with Crippen molar-refractivity contribution in [1.82, 2.24) is 10.4 Å². The van der Waals surface area contributed by atoms with Gasteiger partial charge in [-0.25, -0.2) is 5.43 Å². The summed E-state index contributed by atoms with van der Waals surface area (Å²) in [7, 11) is 1.63. The van der Waals surface area contributed by atoms with Gasteiger partial charge in [-0.05, 0) is 55.0 Å². The van der Waals surface area contributed by atoms with Crippen molar-refractivity contribution in [1.29, 1.82) is 0 Å². The fraction of sp³-hybridized carbons (Fsp3) is 0.481. The van der Waals surface area contributed by atoms with Crippen LogP contribution in [0.5, 0.6) is 0 Å². The predicted octanol–water partition coefficient (Wildman–Crippen LogP) is 5.56. The monoisotopic (exact) mass is 440 g/mol. The van der Waals surface area contributed by atoms with E-state index in [0.717, 1.165) is 30.0 Å². The Morgan fingerprint density at radius 1 is 1.12 bits per heavy atom. The molecule has 0 aliphatic carbocycles. The van der Waals surface area contributed by atoms with Gasteiger partial charge in [0.05, 0.1) is 24.9 Å². The van der Waals surface area contributed by atoms with Gasteiger partial charge in [-0.2, -0.15) is 0 Å². The molecular weight excluding hydrogens is 400 g/mol. The van der Waals surface area contributed by atoms with Gasteiger partial charge in [0.25, 0.3) is 0 Å². The molecular formula is C27H40N2O3. The van der Waals surface area contributed by atoms with E-state index in [1.807, 2.05) is 32.1 Å². The van der Waals surface area contributed by atoms with Gasteiger partial charge in [0.1, 0.15) is 19.2 Å². The Morgan fingerprint density at radius 3 is 2.34 bits per heavy atom. The van der Waals surface area contributed by atoms with Gasteiger partial charge in [0.15, 0.2) is 0 Å². The van der Waals surface area contributed by atoms with Crippen LogP contribution >= 0.6 is 0 Å². The highest BCUT2D eigenvalue weighted by Crippen LogP contribution is 2.31. The average Bonchev–Trinajstić information content (AvgIpc) is 3.22. The highest BCUT2D eigenvalue weighted by atomic mass is 16.7. The summed E-state index contributed by atoms with van der Waals surface area (Å²) in [5, 5.41) is 2.22. The van der Waals surface area contributed by atoms with E-state index >= 15 is 0 Å². The van der Waals surface area contributed by atoms with Crippen molar-refractivity contribution in [2.75, 3.05) is 20.5 Å². The molecule has 1 unspecified atom stereocenters. The molecule has 1 heterocycles. The summed E-state index contributed by atoms with van der Waals surface area (Å²) >= 11 is 0. The minimum Gasteiger partial charge on any atom is -0.488 e. The number of terminal acetylenes is 1. The molecule has 5 nitrogen and oxygen atoms in total. The molecule has 0 saturated heterocycles. The molecule has 1 atom stereocenters. The Hall–Kier alpha value is -2.52. The van der Waals surface area contributed by atoms with Gasteiger partial charge >= 0.3 is 0 Å². The first kappa shape index (κ1) is 27.5. The lowest BCUT2D eigenvalue weighted by atomic mass is 9.82. The third kappa shape index (κ3) is 8.55. The van der Waals surface area contributed by atoms with Crippen LogP contribution in [0.4, 0.5) is 0 Å². The molecule has 1 N–H and O–H groups in total. The predicted molar refractivity (Wildman–Crippen MR) is 132 cm³/mol. The fourth-order valence-electron chi connectivity index (χ4n) is 3.18. The van der Waals surface area contributed by atoms with Crippen molar-refractivity contribution in [3.8, 4) is 12.8 Å². The molecule has 1 aromatic carbocycles. The van der Waals surface area contributed by atoms with E-state index in [2.05, 4.69) is 74.4 Å². The molecule has 176 valence electrons.